The van der Waals surface area contributed by atoms with Crippen LogP contribution in [0.25, 0.3) is 0 Å². The maximum Gasteiger partial charge on any atom is 0.173 e. The molecule has 0 saturated heterocycles. The number of phenols is 4. The Labute approximate surface area is 302 Å². The number of anilines is 2. The van der Waals surface area contributed by atoms with Crippen LogP contribution >= 0.6 is 0 Å². The number of Topliss-reactive ketones (excluding diaryl/α,β-unsaturated/α-hetero) is 2. The average molecular weight is 689 g/mol. The van der Waals surface area contributed by atoms with Gasteiger partial charge >= 0.3 is 0 Å². The minimum absolute atomic E-state index is 0.297. The molecule has 6 aromatic rings. The monoisotopic (exact) mass is 688 g/mol. The molecule has 1 saturated carbocycles. The topological polar surface area (TPSA) is 122 Å². The Balaban J connectivity index is 1.15. The van der Waals surface area contributed by atoms with Gasteiger partial charge in [-0.1, -0.05) is 121 Å². The van der Waals surface area contributed by atoms with Crippen molar-refractivity contribution in [1.29, 1.82) is 0 Å². The summed E-state index contributed by atoms with van der Waals surface area (Å²) in [4.78, 5) is 31.2. The molecule has 0 aromatic heterocycles. The maximum atomic E-state index is 13.6. The molecular weight excluding hydrogens is 652 g/mol. The molecule has 6 aromatic carbocycles. The van der Waals surface area contributed by atoms with Gasteiger partial charge in [0, 0.05) is 61.8 Å². The summed E-state index contributed by atoms with van der Waals surface area (Å²) in [6.45, 7) is 1.85. The molecule has 0 spiro atoms. The van der Waals surface area contributed by atoms with E-state index in [9.17, 15) is 30.0 Å². The standard InChI is InChI=1S/C44H36N2O6/c47-35-21-33(45(25-29-13-5-1-6-14-29)26-30-15-7-2-8-16-30)22-36(48)39(35)41-43(51)42(44(41)52)40-37(49)23-34(24-38(40)50)46(27-31-17-9-3-10-18-31)28-32-19-11-4-12-20-32/h1-24,47-50H,25-28H2. The molecule has 8 heteroatoms. The van der Waals surface area contributed by atoms with Gasteiger partial charge in [0.15, 0.2) is 11.6 Å². The number of benzene rings is 6. The van der Waals surface area contributed by atoms with Crippen LogP contribution < -0.4 is 9.80 Å². The van der Waals surface area contributed by atoms with Crippen molar-refractivity contribution in [2.24, 2.45) is 0 Å². The van der Waals surface area contributed by atoms with Crippen molar-refractivity contribution >= 4 is 22.9 Å². The van der Waals surface area contributed by atoms with Crippen LogP contribution in [0.15, 0.2) is 146 Å². The molecule has 8 nitrogen and oxygen atoms in total. The number of rotatable bonds is 12. The second kappa shape index (κ2) is 14.7. The highest BCUT2D eigenvalue weighted by Crippen LogP contribution is 2.51. The van der Waals surface area contributed by atoms with Crippen molar-refractivity contribution in [2.45, 2.75) is 26.2 Å². The van der Waals surface area contributed by atoms with Crippen LogP contribution in [0.4, 0.5) is 11.4 Å². The van der Waals surface area contributed by atoms with E-state index in [1.165, 1.54) is 24.3 Å². The molecule has 0 unspecified atom stereocenters. The zero-order valence-electron chi connectivity index (χ0n) is 28.2. The predicted octanol–water partition coefficient (Wildman–Crippen LogP) is 7.62. The van der Waals surface area contributed by atoms with Gasteiger partial charge in [-0.15, -0.1) is 0 Å². The van der Waals surface area contributed by atoms with E-state index < -0.39 is 46.4 Å². The smallest absolute Gasteiger partial charge is 0.173 e. The van der Waals surface area contributed by atoms with Crippen LogP contribution in [0, 0.1) is 11.8 Å². The van der Waals surface area contributed by atoms with E-state index in [2.05, 4.69) is 0 Å². The molecule has 1 aliphatic rings. The van der Waals surface area contributed by atoms with Gasteiger partial charge in [0.25, 0.3) is 0 Å². The summed E-state index contributed by atoms with van der Waals surface area (Å²) >= 11 is 0. The van der Waals surface area contributed by atoms with Gasteiger partial charge < -0.3 is 30.2 Å². The van der Waals surface area contributed by atoms with Crippen molar-refractivity contribution in [3.63, 3.8) is 0 Å². The summed E-state index contributed by atoms with van der Waals surface area (Å²) in [5, 5.41) is 44.8. The van der Waals surface area contributed by atoms with Crippen LogP contribution in [-0.2, 0) is 35.8 Å². The Bertz CT molecular complexity index is 1890. The number of carbonyl (C=O) groups is 2. The number of hydrogen-bond donors (Lipinski definition) is 4. The van der Waals surface area contributed by atoms with E-state index in [4.69, 9.17) is 0 Å². The summed E-state index contributed by atoms with van der Waals surface area (Å²) in [7, 11) is 0. The first-order valence-electron chi connectivity index (χ1n) is 16.9. The molecule has 0 aliphatic heterocycles. The number of phenolic OH excluding ortho intramolecular Hbond substituents is 4. The van der Waals surface area contributed by atoms with Crippen molar-refractivity contribution in [1.82, 2.24) is 0 Å². The van der Waals surface area contributed by atoms with Gasteiger partial charge in [0.1, 0.15) is 34.8 Å². The van der Waals surface area contributed by atoms with E-state index in [1.54, 1.807) is 0 Å². The minimum Gasteiger partial charge on any atom is -0.507 e. The zero-order valence-corrected chi connectivity index (χ0v) is 28.2. The third-order valence-corrected chi connectivity index (χ3v) is 9.17. The summed E-state index contributed by atoms with van der Waals surface area (Å²) in [6.07, 6.45) is 0. The first kappa shape index (κ1) is 33.9. The van der Waals surface area contributed by atoms with Gasteiger partial charge in [-0.25, -0.2) is 0 Å². The lowest BCUT2D eigenvalue weighted by Crippen LogP contribution is -2.46. The largest absolute Gasteiger partial charge is 0.507 e. The SMILES string of the molecule is O=C1[C](c2c(O)cc(N(Cc3ccccc3)Cc3ccccc3)cc2O)C(=O)[C]1c1c(O)cc(N(Cc2ccccc2)Cc2ccccc2)cc1O. The molecule has 7 rings (SSSR count). The summed E-state index contributed by atoms with van der Waals surface area (Å²) in [5.74, 6) is -4.25. The number of nitrogens with zero attached hydrogens (tertiary/aromatic N) is 2. The fraction of sp³-hybridized carbons (Fsp3) is 0.0909. The number of hydrogen-bond acceptors (Lipinski definition) is 8. The van der Waals surface area contributed by atoms with Crippen molar-refractivity contribution in [2.75, 3.05) is 9.80 Å². The highest BCUT2D eigenvalue weighted by Gasteiger charge is 2.56. The van der Waals surface area contributed by atoms with Gasteiger partial charge in [0.2, 0.25) is 0 Å². The fourth-order valence-corrected chi connectivity index (χ4v) is 6.61. The number of carbonyl (C=O) groups excluding carboxylic acids is 2. The van der Waals surface area contributed by atoms with Gasteiger partial charge in [-0.2, -0.15) is 0 Å². The summed E-state index contributed by atoms with van der Waals surface area (Å²) in [6, 6.07) is 44.7. The van der Waals surface area contributed by atoms with Gasteiger partial charge in [0.05, 0.1) is 11.1 Å². The lowest BCUT2D eigenvalue weighted by molar-refractivity contribution is -0.130. The summed E-state index contributed by atoms with van der Waals surface area (Å²) < 4.78 is 0. The minimum atomic E-state index is -0.808. The van der Waals surface area contributed by atoms with Gasteiger partial charge in [-0.05, 0) is 22.3 Å². The quantitative estimate of drug-likeness (QED) is 0.104. The highest BCUT2D eigenvalue weighted by atomic mass is 16.3. The van der Waals surface area contributed by atoms with Crippen LogP contribution in [-0.4, -0.2) is 32.0 Å². The molecule has 1 aliphatic carbocycles. The number of aromatic hydroxyl groups is 4. The van der Waals surface area contributed by atoms with E-state index in [1.807, 2.05) is 131 Å². The fourth-order valence-electron chi connectivity index (χ4n) is 6.61. The Morgan fingerprint density at radius 1 is 0.365 bits per heavy atom. The molecule has 52 heavy (non-hydrogen) atoms. The van der Waals surface area contributed by atoms with Crippen LogP contribution in [0.1, 0.15) is 33.4 Å². The molecule has 1 fully saturated rings. The molecule has 2 radical (unpaired) electrons. The summed E-state index contributed by atoms with van der Waals surface area (Å²) in [5.41, 5.74) is 4.40. The highest BCUT2D eigenvalue weighted by molar-refractivity contribution is 6.50. The maximum absolute atomic E-state index is 13.6. The molecular formula is C44H36N2O6. The van der Waals surface area contributed by atoms with E-state index >= 15 is 0 Å². The van der Waals surface area contributed by atoms with Crippen LogP contribution in [0.5, 0.6) is 23.0 Å². The molecule has 0 heterocycles. The molecule has 0 atom stereocenters. The molecule has 258 valence electrons. The number of ketones is 2. The Kier molecular flexibility index (Phi) is 9.62. The molecule has 4 N–H and O–H groups in total. The third-order valence-electron chi connectivity index (χ3n) is 9.17. The molecule has 0 bridgehead atoms. The van der Waals surface area contributed by atoms with Crippen LogP contribution in [0.2, 0.25) is 0 Å². The van der Waals surface area contributed by atoms with E-state index in [0.29, 0.717) is 37.6 Å². The second-order valence-electron chi connectivity index (χ2n) is 12.8. The predicted molar refractivity (Wildman–Crippen MR) is 200 cm³/mol. The van der Waals surface area contributed by atoms with Crippen LogP contribution in [0.3, 0.4) is 0 Å². The first-order chi connectivity index (χ1) is 25.3. The Morgan fingerprint density at radius 3 is 0.827 bits per heavy atom. The molecule has 0 amide bonds. The van der Waals surface area contributed by atoms with Crippen molar-refractivity contribution in [3.05, 3.63) is 191 Å². The zero-order chi connectivity index (χ0) is 36.2. The average Bonchev–Trinajstić information content (AvgIpc) is 3.15. The second-order valence-corrected chi connectivity index (χ2v) is 12.8. The normalized spacial score (nSPS) is 13.2. The van der Waals surface area contributed by atoms with Gasteiger partial charge in [-0.3, -0.25) is 9.59 Å². The Hall–Kier alpha value is -6.54. The van der Waals surface area contributed by atoms with E-state index in [0.717, 1.165) is 22.3 Å². The first-order valence-corrected chi connectivity index (χ1v) is 16.9. The lowest BCUT2D eigenvalue weighted by Gasteiger charge is -2.33. The lowest BCUT2D eigenvalue weighted by atomic mass is 9.65. The van der Waals surface area contributed by atoms with Crippen molar-refractivity contribution in [3.8, 4) is 23.0 Å². The van der Waals surface area contributed by atoms with E-state index in [-0.39, 0.29) is 11.1 Å². The third kappa shape index (κ3) is 7.04. The van der Waals surface area contributed by atoms with Crippen molar-refractivity contribution < 1.29 is 30.0 Å². The Morgan fingerprint density at radius 2 is 0.596 bits per heavy atom.